The summed E-state index contributed by atoms with van der Waals surface area (Å²) in [5.74, 6) is -0.193. The molecule has 4 N–H and O–H groups in total. The van der Waals surface area contributed by atoms with E-state index in [1.54, 1.807) is 0 Å². The zero-order chi connectivity index (χ0) is 19.1. The van der Waals surface area contributed by atoms with Gasteiger partial charge in [-0.3, -0.25) is 4.57 Å². The molecule has 140 valence electrons. The molecule has 1 aliphatic heterocycles. The Kier molecular flexibility index (Phi) is 4.59. The Hall–Kier alpha value is -2.66. The standard InChI is InChI=1S/C14H14F3N5O4/c1-25-11-8-10(20-13(18)21-11)22(5-19-8)12-14(17,3-2-7(15)16)9(24)6(4-23)26-12/h3,5-6,9,12,23-24H,4H2,1H3,(H2,18,20,21)/t6-,9-,12-,14-/m1/s1. The van der Waals surface area contributed by atoms with E-state index >= 15 is 4.39 Å². The van der Waals surface area contributed by atoms with Gasteiger partial charge in [0.1, 0.15) is 12.2 Å². The van der Waals surface area contributed by atoms with E-state index in [1.165, 1.54) is 12.8 Å². The van der Waals surface area contributed by atoms with Crippen molar-refractivity contribution in [3.05, 3.63) is 24.2 Å². The van der Waals surface area contributed by atoms with E-state index in [4.69, 9.17) is 15.2 Å². The monoisotopic (exact) mass is 373 g/mol. The maximum Gasteiger partial charge on any atom is 0.312 e. The topological polar surface area (TPSA) is 129 Å². The lowest BCUT2D eigenvalue weighted by molar-refractivity contribution is -0.0515. The third kappa shape index (κ3) is 2.78. The van der Waals surface area contributed by atoms with E-state index in [2.05, 4.69) is 15.0 Å². The number of nitrogens with zero attached hydrogens (tertiary/aromatic N) is 4. The van der Waals surface area contributed by atoms with Gasteiger partial charge in [-0.25, -0.2) is 9.37 Å². The van der Waals surface area contributed by atoms with Gasteiger partial charge in [0, 0.05) is 6.08 Å². The van der Waals surface area contributed by atoms with Gasteiger partial charge in [0.25, 0.3) is 0 Å². The SMILES string of the molecule is COc1nc(N)nc2c1ncn2[C@@H]1O[C@H](CO)[C@@H](O)[C@]1(F)C=C=C(F)F. The van der Waals surface area contributed by atoms with E-state index in [9.17, 15) is 19.0 Å². The van der Waals surface area contributed by atoms with Gasteiger partial charge in [-0.05, 0) is 0 Å². The van der Waals surface area contributed by atoms with Crippen LogP contribution in [0.2, 0.25) is 0 Å². The van der Waals surface area contributed by atoms with Crippen molar-refractivity contribution in [2.24, 2.45) is 0 Å². The smallest absolute Gasteiger partial charge is 0.312 e. The van der Waals surface area contributed by atoms with Crippen molar-refractivity contribution >= 4 is 17.1 Å². The number of aliphatic hydroxyl groups excluding tert-OH is 2. The Morgan fingerprint density at radius 3 is 2.88 bits per heavy atom. The average molecular weight is 373 g/mol. The number of ether oxygens (including phenoxy) is 2. The fourth-order valence-electron chi connectivity index (χ4n) is 2.74. The first-order valence-corrected chi connectivity index (χ1v) is 7.28. The minimum absolute atomic E-state index is 0.00901. The molecule has 26 heavy (non-hydrogen) atoms. The highest BCUT2D eigenvalue weighted by molar-refractivity contribution is 5.77. The Morgan fingerprint density at radius 2 is 2.27 bits per heavy atom. The number of rotatable bonds is 4. The molecule has 2 aromatic heterocycles. The largest absolute Gasteiger partial charge is 0.479 e. The Morgan fingerprint density at radius 1 is 1.54 bits per heavy atom. The van der Waals surface area contributed by atoms with Crippen molar-refractivity contribution in [2.45, 2.75) is 24.1 Å². The molecule has 0 amide bonds. The van der Waals surface area contributed by atoms with Crippen LogP contribution in [0.1, 0.15) is 6.23 Å². The summed E-state index contributed by atoms with van der Waals surface area (Å²) in [4.78, 5) is 11.7. The molecule has 0 radical (unpaired) electrons. The zero-order valence-electron chi connectivity index (χ0n) is 13.3. The molecule has 0 spiro atoms. The molecular formula is C14H14F3N5O4. The summed E-state index contributed by atoms with van der Waals surface area (Å²) >= 11 is 0. The molecule has 1 fully saturated rings. The number of nitrogen functional groups attached to an aromatic ring is 1. The van der Waals surface area contributed by atoms with Gasteiger partial charge in [-0.15, -0.1) is 0 Å². The number of fused-ring (bicyclic) bond motifs is 1. The molecule has 9 nitrogen and oxygen atoms in total. The molecular weight excluding hydrogens is 359 g/mol. The molecule has 0 aliphatic carbocycles. The first kappa shape index (κ1) is 18.1. The number of methoxy groups -OCH3 is 1. The Labute approximate surface area is 144 Å². The van der Waals surface area contributed by atoms with Gasteiger partial charge >= 0.3 is 6.08 Å². The van der Waals surface area contributed by atoms with Crippen molar-refractivity contribution in [1.29, 1.82) is 0 Å². The van der Waals surface area contributed by atoms with Crippen LogP contribution in [0.25, 0.3) is 11.2 Å². The molecule has 3 rings (SSSR count). The van der Waals surface area contributed by atoms with E-state index in [0.717, 1.165) is 10.9 Å². The molecule has 12 heteroatoms. The number of hydrogen-bond donors (Lipinski definition) is 3. The lowest BCUT2D eigenvalue weighted by atomic mass is 9.96. The summed E-state index contributed by atoms with van der Waals surface area (Å²) < 4.78 is 51.6. The first-order valence-electron chi connectivity index (χ1n) is 7.28. The summed E-state index contributed by atoms with van der Waals surface area (Å²) in [5.41, 5.74) is 4.26. The van der Waals surface area contributed by atoms with E-state index in [1.807, 2.05) is 0 Å². The van der Waals surface area contributed by atoms with Crippen LogP contribution in [0, 0.1) is 0 Å². The lowest BCUT2D eigenvalue weighted by Crippen LogP contribution is -2.41. The van der Waals surface area contributed by atoms with Crippen LogP contribution in [-0.4, -0.2) is 61.3 Å². The number of halogens is 3. The van der Waals surface area contributed by atoms with Crippen LogP contribution in [0.15, 0.2) is 24.2 Å². The van der Waals surface area contributed by atoms with Crippen molar-refractivity contribution in [1.82, 2.24) is 19.5 Å². The minimum Gasteiger partial charge on any atom is -0.479 e. The third-order valence-corrected chi connectivity index (χ3v) is 3.92. The number of aliphatic hydroxyl groups is 2. The van der Waals surface area contributed by atoms with Gasteiger partial charge in [-0.2, -0.15) is 18.7 Å². The zero-order valence-corrected chi connectivity index (χ0v) is 13.3. The van der Waals surface area contributed by atoms with Crippen LogP contribution >= 0.6 is 0 Å². The number of alkyl halides is 1. The highest BCUT2D eigenvalue weighted by Gasteiger charge is 2.57. The van der Waals surface area contributed by atoms with Gasteiger partial charge in [-0.1, -0.05) is 5.73 Å². The summed E-state index contributed by atoms with van der Waals surface area (Å²) in [6.45, 7) is -0.744. The molecule has 0 aromatic carbocycles. The molecule has 1 saturated heterocycles. The van der Waals surface area contributed by atoms with Gasteiger partial charge in [0.2, 0.25) is 17.5 Å². The van der Waals surface area contributed by atoms with Gasteiger partial charge in [0.15, 0.2) is 17.4 Å². The van der Waals surface area contributed by atoms with Crippen LogP contribution in [0.5, 0.6) is 5.88 Å². The fourth-order valence-corrected chi connectivity index (χ4v) is 2.74. The second-order valence-corrected chi connectivity index (χ2v) is 5.45. The fraction of sp³-hybridized carbons (Fsp3) is 0.429. The summed E-state index contributed by atoms with van der Waals surface area (Å²) in [6.07, 6.45) is -5.82. The van der Waals surface area contributed by atoms with Gasteiger partial charge < -0.3 is 25.4 Å². The average Bonchev–Trinajstić information content (AvgIpc) is 3.12. The molecule has 1 aliphatic rings. The highest BCUT2D eigenvalue weighted by Crippen LogP contribution is 2.44. The molecule has 0 saturated carbocycles. The first-order chi connectivity index (χ1) is 12.3. The molecule has 2 aromatic rings. The summed E-state index contributed by atoms with van der Waals surface area (Å²) in [5, 5.41) is 19.4. The second kappa shape index (κ2) is 6.57. The second-order valence-electron chi connectivity index (χ2n) is 5.45. The van der Waals surface area contributed by atoms with E-state index in [0.29, 0.717) is 6.08 Å². The molecule has 0 unspecified atom stereocenters. The van der Waals surface area contributed by atoms with E-state index in [-0.39, 0.29) is 23.0 Å². The minimum atomic E-state index is -2.85. The van der Waals surface area contributed by atoms with Crippen LogP contribution < -0.4 is 10.5 Å². The number of nitrogens with two attached hydrogens (primary N) is 1. The number of imidazole rings is 1. The molecule has 0 bridgehead atoms. The number of aromatic nitrogens is 4. The van der Waals surface area contributed by atoms with E-state index < -0.39 is 36.8 Å². The van der Waals surface area contributed by atoms with Crippen LogP contribution in [-0.2, 0) is 4.74 Å². The molecule has 4 atom stereocenters. The van der Waals surface area contributed by atoms with Crippen molar-refractivity contribution in [2.75, 3.05) is 19.5 Å². The Balaban J connectivity index is 2.19. The summed E-state index contributed by atoms with van der Waals surface area (Å²) in [7, 11) is 1.31. The Bertz CT molecular complexity index is 896. The lowest BCUT2D eigenvalue weighted by Gasteiger charge is -2.25. The van der Waals surface area contributed by atoms with Crippen LogP contribution in [0.4, 0.5) is 19.1 Å². The summed E-state index contributed by atoms with van der Waals surface area (Å²) in [6, 6.07) is 0. The quantitative estimate of drug-likeness (QED) is 0.654. The predicted octanol–water partition coefficient (Wildman–Crippen LogP) is 0.311. The van der Waals surface area contributed by atoms with Gasteiger partial charge in [0.05, 0.1) is 20.0 Å². The van der Waals surface area contributed by atoms with Crippen molar-refractivity contribution < 1.29 is 32.9 Å². The molecule has 3 heterocycles. The number of anilines is 1. The number of hydrogen-bond acceptors (Lipinski definition) is 8. The van der Waals surface area contributed by atoms with Crippen molar-refractivity contribution in [3.63, 3.8) is 0 Å². The van der Waals surface area contributed by atoms with Crippen LogP contribution in [0.3, 0.4) is 0 Å². The maximum atomic E-state index is 15.4. The maximum absolute atomic E-state index is 15.4. The van der Waals surface area contributed by atoms with Crippen molar-refractivity contribution in [3.8, 4) is 5.88 Å². The normalized spacial score (nSPS) is 28.2. The third-order valence-electron chi connectivity index (χ3n) is 3.92. The highest BCUT2D eigenvalue weighted by atomic mass is 19.3. The predicted molar refractivity (Wildman–Crippen MR) is 80.9 cm³/mol.